The molecule has 1 unspecified atom stereocenters. The molecular formula is C35H31ClFN4O5+. The number of methoxy groups -OCH3 is 1. The number of nitrogens with one attached hydrogen (secondary N) is 1. The van der Waals surface area contributed by atoms with Crippen LogP contribution in [0.4, 0.5) is 10.3 Å². The number of furan rings is 1. The Morgan fingerprint density at radius 2 is 1.70 bits per heavy atom. The maximum absolute atomic E-state index is 15.3. The van der Waals surface area contributed by atoms with E-state index in [-0.39, 0.29) is 49.7 Å². The number of aromatic nitrogens is 2. The van der Waals surface area contributed by atoms with Crippen LogP contribution in [0.1, 0.15) is 28.1 Å². The highest BCUT2D eigenvalue weighted by Gasteiger charge is 2.47. The predicted octanol–water partition coefficient (Wildman–Crippen LogP) is 7.54. The fourth-order valence-corrected chi connectivity index (χ4v) is 5.10. The Hall–Kier alpha value is -4.71. The Labute approximate surface area is 270 Å². The molecule has 1 aliphatic carbocycles. The Balaban J connectivity index is 1.40. The molecule has 0 radical (unpaired) electrons. The molecule has 11 heteroatoms. The van der Waals surface area contributed by atoms with Crippen LogP contribution < -0.4 is 10.1 Å². The third-order valence-electron chi connectivity index (χ3n) is 7.21. The number of quaternary nitrogens is 1. The zero-order valence-electron chi connectivity index (χ0n) is 24.9. The molecule has 1 N–H and O–H groups in total. The molecule has 2 heterocycles. The number of carbonyl (C=O) groups excluding carboxylic acids is 1. The number of hydrogen-bond acceptors (Lipinski definition) is 7. The molecule has 0 fully saturated rings. The van der Waals surface area contributed by atoms with Gasteiger partial charge in [0.25, 0.3) is 5.91 Å². The van der Waals surface area contributed by atoms with Crippen LogP contribution in [0, 0.1) is 0 Å². The minimum absolute atomic E-state index is 0.0146. The van der Waals surface area contributed by atoms with Gasteiger partial charge in [-0.1, -0.05) is 78.3 Å². The van der Waals surface area contributed by atoms with E-state index in [1.807, 2.05) is 72.8 Å². The first-order valence-corrected chi connectivity index (χ1v) is 14.9. The molecule has 1 amide bonds. The molecule has 0 spiro atoms. The lowest BCUT2D eigenvalue weighted by Crippen LogP contribution is -2.49. The van der Waals surface area contributed by atoms with Crippen molar-refractivity contribution in [1.29, 1.82) is 0 Å². The van der Waals surface area contributed by atoms with Crippen molar-refractivity contribution in [2.75, 3.05) is 13.8 Å². The second kappa shape index (κ2) is 13.7. The fourth-order valence-electron chi connectivity index (χ4n) is 4.90. The summed E-state index contributed by atoms with van der Waals surface area (Å²) in [6, 6.07) is 27.9. The van der Waals surface area contributed by atoms with Crippen molar-refractivity contribution in [3.8, 4) is 11.3 Å². The molecule has 9 nitrogen and oxygen atoms in total. The molecule has 5 aromatic rings. The van der Waals surface area contributed by atoms with Crippen molar-refractivity contribution < 1.29 is 28.0 Å². The van der Waals surface area contributed by atoms with E-state index in [1.165, 1.54) is 13.2 Å². The molecule has 0 aliphatic heterocycles. The lowest BCUT2D eigenvalue weighted by molar-refractivity contribution is -0.344. The number of carbonyl (C=O) groups is 1. The summed E-state index contributed by atoms with van der Waals surface area (Å²) in [7, 11) is 1.49. The molecular weight excluding hydrogens is 611 g/mol. The predicted molar refractivity (Wildman–Crippen MR) is 172 cm³/mol. The topological polar surface area (TPSA) is 95.7 Å². The van der Waals surface area contributed by atoms with Gasteiger partial charge in [-0.15, -0.1) is 9.68 Å². The number of hydrogen-bond donors (Lipinski definition) is 1. The average Bonchev–Trinajstić information content (AvgIpc) is 3.58. The summed E-state index contributed by atoms with van der Waals surface area (Å²) in [4.78, 5) is 34.1. The number of alkyl halides is 2. The largest absolute Gasteiger partial charge is 0.451 e. The number of benzene rings is 3. The highest BCUT2D eigenvalue weighted by Crippen LogP contribution is 2.38. The molecule has 1 aliphatic rings. The van der Waals surface area contributed by atoms with Crippen LogP contribution in [0.25, 0.3) is 22.2 Å². The monoisotopic (exact) mass is 641 g/mol. The third-order valence-corrected chi connectivity index (χ3v) is 7.47. The second-order valence-electron chi connectivity index (χ2n) is 10.6. The molecule has 6 rings (SSSR count). The fraction of sp³-hybridized carbons (Fsp3) is 0.171. The summed E-state index contributed by atoms with van der Waals surface area (Å²) < 4.78 is 26.0. The molecule has 0 saturated heterocycles. The van der Waals surface area contributed by atoms with Gasteiger partial charge in [-0.25, -0.2) is 4.39 Å². The van der Waals surface area contributed by atoms with Crippen LogP contribution in [0.5, 0.6) is 0 Å². The molecule has 234 valence electrons. The van der Waals surface area contributed by atoms with E-state index >= 15 is 4.39 Å². The Bertz CT molecular complexity index is 1830. The number of ether oxygens (including phenoxy) is 1. The number of nitrogens with zero attached hydrogens (tertiary/aromatic N) is 3. The van der Waals surface area contributed by atoms with Gasteiger partial charge >= 0.3 is 5.95 Å². The molecule has 0 bridgehead atoms. The highest BCUT2D eigenvalue weighted by atomic mass is 35.5. The van der Waals surface area contributed by atoms with Crippen molar-refractivity contribution in [2.24, 2.45) is 0 Å². The van der Waals surface area contributed by atoms with Gasteiger partial charge in [0, 0.05) is 42.8 Å². The van der Waals surface area contributed by atoms with E-state index in [0.717, 1.165) is 16.7 Å². The minimum atomic E-state index is -2.16. The average molecular weight is 642 g/mol. The molecule has 46 heavy (non-hydrogen) atoms. The number of rotatable bonds is 12. The number of halogens is 2. The summed E-state index contributed by atoms with van der Waals surface area (Å²) in [6.45, 7) is 0.265. The first-order valence-electron chi connectivity index (χ1n) is 14.5. The summed E-state index contributed by atoms with van der Waals surface area (Å²) in [5, 5.41) is 1.13. The van der Waals surface area contributed by atoms with Gasteiger partial charge in [-0.05, 0) is 41.5 Å². The summed E-state index contributed by atoms with van der Waals surface area (Å²) in [5.41, 5.74) is 3.31. The molecule has 2 aromatic heterocycles. The number of fused-ring (bicyclic) bond motifs is 1. The van der Waals surface area contributed by atoms with E-state index < -0.39 is 9.94 Å². The normalized spacial score (nSPS) is 16.4. The van der Waals surface area contributed by atoms with Crippen LogP contribution in [-0.4, -0.2) is 34.8 Å². The third kappa shape index (κ3) is 7.07. The summed E-state index contributed by atoms with van der Waals surface area (Å²) in [5.74, 6) is 0.383. The number of hydroxylamine groups is 2. The van der Waals surface area contributed by atoms with E-state index in [9.17, 15) is 4.79 Å². The van der Waals surface area contributed by atoms with Gasteiger partial charge in [-0.2, -0.15) is 9.97 Å². The quantitative estimate of drug-likeness (QED) is 0.0651. The lowest BCUT2D eigenvalue weighted by Gasteiger charge is -2.32. The summed E-state index contributed by atoms with van der Waals surface area (Å²) >= 11 is 6.22. The molecule has 3 aromatic carbocycles. The van der Waals surface area contributed by atoms with Gasteiger partial charge in [0.15, 0.2) is 5.76 Å². The van der Waals surface area contributed by atoms with Gasteiger partial charge in [-0.3, -0.25) is 4.79 Å². The maximum Gasteiger partial charge on any atom is 0.403 e. The van der Waals surface area contributed by atoms with Crippen LogP contribution in [0.2, 0.25) is 0 Å². The van der Waals surface area contributed by atoms with Crippen molar-refractivity contribution >= 4 is 34.4 Å². The Morgan fingerprint density at radius 1 is 1.00 bits per heavy atom. The standard InChI is InChI=1S/C35H30ClFN4O5/c1-43-24-39-33(42)32-17-16-31(46-32)27-14-15-30-28(19-27)21-38-34(40-30)41(29-13-8-18-35(36,37)20-29,44-22-25-9-4-2-5-10-25)45-23-26-11-6-3-7-12-26/h2-17,19-21H,18,22-24H2,1H3/p+1. The van der Waals surface area contributed by atoms with Gasteiger partial charge < -0.3 is 14.5 Å². The zero-order valence-corrected chi connectivity index (χ0v) is 25.7. The molecule has 0 saturated carbocycles. The van der Waals surface area contributed by atoms with Crippen LogP contribution in [0.3, 0.4) is 0 Å². The highest BCUT2D eigenvalue weighted by molar-refractivity contribution is 6.24. The molecule has 1 atom stereocenters. The van der Waals surface area contributed by atoms with Gasteiger partial charge in [0.05, 0.1) is 10.3 Å². The van der Waals surface area contributed by atoms with E-state index in [0.29, 0.717) is 16.7 Å². The zero-order chi connectivity index (χ0) is 32.0. The Morgan fingerprint density at radius 3 is 2.35 bits per heavy atom. The van der Waals surface area contributed by atoms with E-state index in [1.54, 1.807) is 36.5 Å². The van der Waals surface area contributed by atoms with Gasteiger partial charge in [0.1, 0.15) is 25.7 Å². The number of allylic oxidation sites excluding steroid dienone is 3. The van der Waals surface area contributed by atoms with Crippen molar-refractivity contribution in [2.45, 2.75) is 24.8 Å². The van der Waals surface area contributed by atoms with Gasteiger partial charge in [0.2, 0.25) is 10.8 Å². The van der Waals surface area contributed by atoms with Crippen LogP contribution in [0.15, 0.2) is 126 Å². The maximum atomic E-state index is 15.3. The second-order valence-corrected chi connectivity index (χ2v) is 11.2. The first kappa shape index (κ1) is 31.3. The lowest BCUT2D eigenvalue weighted by atomic mass is 10.1. The number of amides is 1. The van der Waals surface area contributed by atoms with Crippen molar-refractivity contribution in [3.63, 3.8) is 0 Å². The minimum Gasteiger partial charge on any atom is -0.451 e. The van der Waals surface area contributed by atoms with Crippen LogP contribution >= 0.6 is 11.6 Å². The first-order chi connectivity index (χ1) is 22.3. The SMILES string of the molecule is COCNC(=O)c1ccc(-c2ccc3nc([N+](OCc4ccccc4)(OCc4ccccc4)C4=CC(F)(Cl)CC=C4)ncc3c2)o1. The van der Waals surface area contributed by atoms with E-state index in [2.05, 4.69) is 5.32 Å². The van der Waals surface area contributed by atoms with E-state index in [4.69, 9.17) is 40.4 Å². The smallest absolute Gasteiger partial charge is 0.403 e. The van der Waals surface area contributed by atoms with Crippen molar-refractivity contribution in [1.82, 2.24) is 20.1 Å². The Kier molecular flexibility index (Phi) is 9.34. The van der Waals surface area contributed by atoms with Crippen molar-refractivity contribution in [3.05, 3.63) is 138 Å². The summed E-state index contributed by atoms with van der Waals surface area (Å²) in [6.07, 6.45) is 6.24. The van der Waals surface area contributed by atoms with Crippen LogP contribution in [-0.2, 0) is 27.6 Å².